The summed E-state index contributed by atoms with van der Waals surface area (Å²) in [7, 11) is -3.65. The first-order chi connectivity index (χ1) is 11.5. The highest BCUT2D eigenvalue weighted by atomic mass is 35.5. The third kappa shape index (κ3) is 5.57. The zero-order valence-corrected chi connectivity index (χ0v) is 16.0. The third-order valence-corrected chi connectivity index (χ3v) is 5.75. The molecule has 1 aromatic rings. The van der Waals surface area contributed by atoms with E-state index in [1.54, 1.807) is 19.1 Å². The molecule has 0 saturated carbocycles. The fraction of sp³-hybridized carbons (Fsp3) is 0.562. The number of amides is 1. The minimum Gasteiger partial charge on any atom is -0.492 e. The van der Waals surface area contributed by atoms with E-state index < -0.39 is 10.0 Å². The monoisotopic (exact) mass is 391 g/mol. The lowest BCUT2D eigenvalue weighted by Crippen LogP contribution is -2.35. The average Bonchev–Trinajstić information content (AvgIpc) is 2.57. The fourth-order valence-electron chi connectivity index (χ4n) is 2.66. The Balaban J connectivity index is 0.00000312. The number of ether oxygens (including phenoxy) is 1. The number of hydrogen-bond acceptors (Lipinski definition) is 5. The van der Waals surface area contributed by atoms with Crippen LogP contribution >= 0.6 is 12.4 Å². The van der Waals surface area contributed by atoms with Crippen molar-refractivity contribution in [2.45, 2.75) is 37.5 Å². The van der Waals surface area contributed by atoms with E-state index >= 15 is 0 Å². The molecule has 1 aromatic carbocycles. The Kier molecular flexibility index (Phi) is 8.64. The maximum absolute atomic E-state index is 13.0. The van der Waals surface area contributed by atoms with E-state index in [2.05, 4.69) is 5.32 Å². The van der Waals surface area contributed by atoms with E-state index in [-0.39, 0.29) is 36.2 Å². The molecular weight excluding hydrogens is 366 g/mol. The minimum atomic E-state index is -3.65. The number of anilines is 1. The first-order valence-electron chi connectivity index (χ1n) is 8.26. The molecule has 0 bridgehead atoms. The number of piperidine rings is 1. The van der Waals surface area contributed by atoms with Crippen molar-refractivity contribution in [3.8, 4) is 5.75 Å². The molecule has 25 heavy (non-hydrogen) atoms. The summed E-state index contributed by atoms with van der Waals surface area (Å²) in [5.74, 6) is 0.0582. The van der Waals surface area contributed by atoms with Gasteiger partial charge < -0.3 is 15.8 Å². The van der Waals surface area contributed by atoms with Gasteiger partial charge in [0.1, 0.15) is 10.6 Å². The minimum absolute atomic E-state index is 0. The quantitative estimate of drug-likeness (QED) is 0.739. The lowest BCUT2D eigenvalue weighted by Gasteiger charge is -2.27. The van der Waals surface area contributed by atoms with E-state index in [0.29, 0.717) is 31.1 Å². The number of halogens is 1. The largest absolute Gasteiger partial charge is 0.492 e. The van der Waals surface area contributed by atoms with Crippen LogP contribution < -0.4 is 15.8 Å². The molecule has 1 heterocycles. The molecule has 3 N–H and O–H groups in total. The van der Waals surface area contributed by atoms with Gasteiger partial charge in [0.15, 0.2) is 0 Å². The molecule has 1 saturated heterocycles. The van der Waals surface area contributed by atoms with Crippen LogP contribution in [0.2, 0.25) is 0 Å². The van der Waals surface area contributed by atoms with E-state index in [9.17, 15) is 13.2 Å². The predicted octanol–water partition coefficient (Wildman–Crippen LogP) is 1.97. The normalized spacial score (nSPS) is 15.3. The summed E-state index contributed by atoms with van der Waals surface area (Å²) < 4.78 is 32.9. The summed E-state index contributed by atoms with van der Waals surface area (Å²) in [5.41, 5.74) is 5.78. The number of benzene rings is 1. The second-order valence-corrected chi connectivity index (χ2v) is 7.55. The Morgan fingerprint density at radius 3 is 2.56 bits per heavy atom. The van der Waals surface area contributed by atoms with Crippen LogP contribution in [0.25, 0.3) is 0 Å². The van der Waals surface area contributed by atoms with Gasteiger partial charge >= 0.3 is 0 Å². The van der Waals surface area contributed by atoms with Gasteiger partial charge in [0, 0.05) is 31.7 Å². The number of nitrogens with one attached hydrogen (secondary N) is 1. The van der Waals surface area contributed by atoms with Crippen LogP contribution in [0, 0.1) is 0 Å². The molecule has 7 nitrogen and oxygen atoms in total. The molecule has 1 aliphatic rings. The van der Waals surface area contributed by atoms with Crippen LogP contribution in [0.5, 0.6) is 5.75 Å². The Bertz CT molecular complexity index is 676. The third-order valence-electron chi connectivity index (χ3n) is 3.83. The van der Waals surface area contributed by atoms with Gasteiger partial charge in [-0.15, -0.1) is 12.4 Å². The molecule has 1 amide bonds. The molecular formula is C16H26ClN3O4S. The number of rotatable bonds is 7. The van der Waals surface area contributed by atoms with E-state index in [1.165, 1.54) is 10.4 Å². The summed E-state index contributed by atoms with van der Waals surface area (Å²) in [6.45, 7) is 3.42. The molecule has 0 spiro atoms. The van der Waals surface area contributed by atoms with Gasteiger partial charge in [0.2, 0.25) is 15.9 Å². The summed E-state index contributed by atoms with van der Waals surface area (Å²) in [6, 6.07) is 4.68. The zero-order chi connectivity index (χ0) is 17.6. The topological polar surface area (TPSA) is 102 Å². The van der Waals surface area contributed by atoms with Crippen LogP contribution in [0.1, 0.15) is 32.6 Å². The lowest BCUT2D eigenvalue weighted by atomic mass is 10.2. The first kappa shape index (κ1) is 21.7. The van der Waals surface area contributed by atoms with Gasteiger partial charge in [0.25, 0.3) is 0 Å². The zero-order valence-electron chi connectivity index (χ0n) is 14.4. The second kappa shape index (κ2) is 9.96. The van der Waals surface area contributed by atoms with Gasteiger partial charge in [-0.1, -0.05) is 6.42 Å². The van der Waals surface area contributed by atoms with Crippen molar-refractivity contribution in [1.29, 1.82) is 0 Å². The van der Waals surface area contributed by atoms with Gasteiger partial charge in [0.05, 0.1) is 6.61 Å². The molecule has 2 rings (SSSR count). The molecule has 1 fully saturated rings. The van der Waals surface area contributed by atoms with Crippen molar-refractivity contribution >= 4 is 34.0 Å². The van der Waals surface area contributed by atoms with Crippen LogP contribution in [0.15, 0.2) is 23.1 Å². The van der Waals surface area contributed by atoms with Crippen molar-refractivity contribution in [3.05, 3.63) is 18.2 Å². The van der Waals surface area contributed by atoms with E-state index in [4.69, 9.17) is 10.5 Å². The summed E-state index contributed by atoms with van der Waals surface area (Å²) >= 11 is 0. The number of nitrogens with two attached hydrogens (primary N) is 1. The van der Waals surface area contributed by atoms with Crippen LogP contribution in [-0.4, -0.2) is 44.9 Å². The lowest BCUT2D eigenvalue weighted by molar-refractivity contribution is -0.116. The SMILES string of the molecule is CCOc1ccc(NC(=O)CCN)cc1S(=O)(=O)N1CCCCC1.Cl. The Morgan fingerprint density at radius 2 is 1.96 bits per heavy atom. The molecule has 0 atom stereocenters. The standard InChI is InChI=1S/C16H25N3O4S.ClH/c1-2-23-14-7-6-13(18-16(20)8-9-17)12-15(14)24(21,22)19-10-4-3-5-11-19;/h6-7,12H,2-5,8-11,17H2,1H3,(H,18,20);1H. The maximum atomic E-state index is 13.0. The van der Waals surface area contributed by atoms with E-state index in [0.717, 1.165) is 19.3 Å². The molecule has 0 aromatic heterocycles. The summed E-state index contributed by atoms with van der Waals surface area (Å²) in [4.78, 5) is 11.8. The highest BCUT2D eigenvalue weighted by Gasteiger charge is 2.29. The Labute approximate surface area is 155 Å². The Hall–Kier alpha value is -1.35. The molecule has 0 unspecified atom stereocenters. The molecule has 0 radical (unpaired) electrons. The molecule has 0 aliphatic carbocycles. The average molecular weight is 392 g/mol. The van der Waals surface area contributed by atoms with Crippen LogP contribution in [-0.2, 0) is 14.8 Å². The van der Waals surface area contributed by atoms with Crippen molar-refractivity contribution in [1.82, 2.24) is 4.31 Å². The van der Waals surface area contributed by atoms with Gasteiger partial charge in [-0.3, -0.25) is 4.79 Å². The molecule has 9 heteroatoms. The summed E-state index contributed by atoms with van der Waals surface area (Å²) in [6.07, 6.45) is 2.94. The van der Waals surface area contributed by atoms with Crippen molar-refractivity contribution < 1.29 is 17.9 Å². The second-order valence-electron chi connectivity index (χ2n) is 5.65. The van der Waals surface area contributed by atoms with Gasteiger partial charge in [-0.2, -0.15) is 4.31 Å². The highest BCUT2D eigenvalue weighted by molar-refractivity contribution is 7.89. The fourth-order valence-corrected chi connectivity index (χ4v) is 4.34. The van der Waals surface area contributed by atoms with Crippen molar-refractivity contribution in [3.63, 3.8) is 0 Å². The Morgan fingerprint density at radius 1 is 1.28 bits per heavy atom. The van der Waals surface area contributed by atoms with Crippen molar-refractivity contribution in [2.24, 2.45) is 5.73 Å². The van der Waals surface area contributed by atoms with Crippen LogP contribution in [0.3, 0.4) is 0 Å². The number of sulfonamides is 1. The smallest absolute Gasteiger partial charge is 0.246 e. The molecule has 142 valence electrons. The van der Waals surface area contributed by atoms with Crippen LogP contribution in [0.4, 0.5) is 5.69 Å². The molecule has 1 aliphatic heterocycles. The van der Waals surface area contributed by atoms with E-state index in [1.807, 2.05) is 0 Å². The number of carbonyl (C=O) groups is 1. The van der Waals surface area contributed by atoms with Crippen molar-refractivity contribution in [2.75, 3.05) is 31.6 Å². The summed E-state index contributed by atoms with van der Waals surface area (Å²) in [5, 5.41) is 2.67. The first-order valence-corrected chi connectivity index (χ1v) is 9.70. The predicted molar refractivity (Wildman–Crippen MR) is 99.8 cm³/mol. The van der Waals surface area contributed by atoms with Gasteiger partial charge in [-0.25, -0.2) is 8.42 Å². The number of hydrogen-bond donors (Lipinski definition) is 2. The number of nitrogens with zero attached hydrogens (tertiary/aromatic N) is 1. The highest BCUT2D eigenvalue weighted by Crippen LogP contribution is 2.31. The maximum Gasteiger partial charge on any atom is 0.246 e. The van der Waals surface area contributed by atoms with Gasteiger partial charge in [-0.05, 0) is 38.0 Å². The number of carbonyl (C=O) groups excluding carboxylic acids is 1.